The topological polar surface area (TPSA) is 75.7 Å². The van der Waals surface area contributed by atoms with Gasteiger partial charge in [-0.25, -0.2) is 8.42 Å². The lowest BCUT2D eigenvalue weighted by molar-refractivity contribution is -0.119. The molecule has 174 valence electrons. The van der Waals surface area contributed by atoms with E-state index in [9.17, 15) is 13.2 Å². The molecule has 0 saturated carbocycles. The summed E-state index contributed by atoms with van der Waals surface area (Å²) < 4.78 is 33.2. The van der Waals surface area contributed by atoms with Gasteiger partial charge in [0.25, 0.3) is 10.0 Å². The number of ether oxygens (including phenoxy) is 1. The van der Waals surface area contributed by atoms with Gasteiger partial charge < -0.3 is 10.1 Å². The molecule has 0 fully saturated rings. The van der Waals surface area contributed by atoms with Crippen molar-refractivity contribution in [2.75, 3.05) is 24.0 Å². The van der Waals surface area contributed by atoms with Gasteiger partial charge in [-0.3, -0.25) is 9.10 Å². The van der Waals surface area contributed by atoms with E-state index in [2.05, 4.69) is 12.2 Å². The molecule has 3 rings (SSSR count). The Morgan fingerprint density at radius 3 is 2.30 bits per heavy atom. The highest BCUT2D eigenvalue weighted by Gasteiger charge is 2.28. The predicted octanol–water partition coefficient (Wildman–Crippen LogP) is 4.68. The van der Waals surface area contributed by atoms with Crippen LogP contribution in [0.5, 0.6) is 5.75 Å². The number of anilines is 1. The summed E-state index contributed by atoms with van der Waals surface area (Å²) in [7, 11) is -4.00. The van der Waals surface area contributed by atoms with Gasteiger partial charge in [-0.15, -0.1) is 0 Å². The summed E-state index contributed by atoms with van der Waals surface area (Å²) in [6.07, 6.45) is 2.10. The number of halogens is 1. The average molecular weight is 487 g/mol. The fourth-order valence-electron chi connectivity index (χ4n) is 3.26. The lowest BCUT2D eigenvalue weighted by Gasteiger charge is -2.25. The lowest BCUT2D eigenvalue weighted by Crippen LogP contribution is -2.42. The van der Waals surface area contributed by atoms with E-state index in [0.29, 0.717) is 5.75 Å². The molecule has 0 aromatic heterocycles. The van der Waals surface area contributed by atoms with Crippen molar-refractivity contribution in [2.24, 2.45) is 0 Å². The standard InChI is InChI=1S/C25H27ClN2O4S/c1-2-8-20-13-15-21(16-14-20)32-18-17-27-25(29)19-28(24-12-7-6-11-23(24)26)33(30,31)22-9-4-3-5-10-22/h3-7,9-16H,2,8,17-19H2,1H3,(H,27,29). The predicted molar refractivity (Wildman–Crippen MR) is 131 cm³/mol. The molecule has 3 aromatic rings. The number of nitrogens with one attached hydrogen (secondary N) is 1. The normalized spacial score (nSPS) is 11.1. The van der Waals surface area contributed by atoms with Gasteiger partial charge in [-0.2, -0.15) is 0 Å². The van der Waals surface area contributed by atoms with Crippen molar-refractivity contribution in [3.63, 3.8) is 0 Å². The van der Waals surface area contributed by atoms with Crippen molar-refractivity contribution in [1.82, 2.24) is 5.32 Å². The molecular weight excluding hydrogens is 460 g/mol. The summed E-state index contributed by atoms with van der Waals surface area (Å²) in [5.41, 5.74) is 1.49. The molecule has 0 atom stereocenters. The minimum Gasteiger partial charge on any atom is -0.492 e. The maximum absolute atomic E-state index is 13.3. The Morgan fingerprint density at radius 2 is 1.64 bits per heavy atom. The van der Waals surface area contributed by atoms with Crippen molar-refractivity contribution < 1.29 is 17.9 Å². The van der Waals surface area contributed by atoms with Gasteiger partial charge in [-0.05, 0) is 48.4 Å². The third-order valence-electron chi connectivity index (χ3n) is 4.89. The van der Waals surface area contributed by atoms with E-state index in [1.807, 2.05) is 24.3 Å². The monoisotopic (exact) mass is 486 g/mol. The number of hydrogen-bond acceptors (Lipinski definition) is 4. The van der Waals surface area contributed by atoms with Gasteiger partial charge in [0, 0.05) is 0 Å². The largest absolute Gasteiger partial charge is 0.492 e. The highest BCUT2D eigenvalue weighted by atomic mass is 35.5. The van der Waals surface area contributed by atoms with Crippen LogP contribution in [0.3, 0.4) is 0 Å². The van der Waals surface area contributed by atoms with Crippen molar-refractivity contribution in [2.45, 2.75) is 24.7 Å². The summed E-state index contributed by atoms with van der Waals surface area (Å²) >= 11 is 6.26. The minimum absolute atomic E-state index is 0.0765. The average Bonchev–Trinajstić information content (AvgIpc) is 2.82. The molecule has 1 amide bonds. The fourth-order valence-corrected chi connectivity index (χ4v) is 5.01. The SMILES string of the molecule is CCCc1ccc(OCCNC(=O)CN(c2ccccc2Cl)S(=O)(=O)c2ccccc2)cc1. The van der Waals surface area contributed by atoms with Crippen molar-refractivity contribution in [3.8, 4) is 5.75 Å². The Kier molecular flexibility index (Phi) is 8.74. The van der Waals surface area contributed by atoms with Crippen LogP contribution in [-0.2, 0) is 21.2 Å². The fraction of sp³-hybridized carbons (Fsp3) is 0.240. The van der Waals surface area contributed by atoms with Crippen molar-refractivity contribution in [1.29, 1.82) is 0 Å². The van der Waals surface area contributed by atoms with Crippen LogP contribution in [0.2, 0.25) is 5.02 Å². The Labute approximate surface area is 200 Å². The van der Waals surface area contributed by atoms with Crippen LogP contribution < -0.4 is 14.4 Å². The van der Waals surface area contributed by atoms with Gasteiger partial charge >= 0.3 is 0 Å². The molecule has 0 heterocycles. The smallest absolute Gasteiger partial charge is 0.264 e. The third kappa shape index (κ3) is 6.73. The number of nitrogens with zero attached hydrogens (tertiary/aromatic N) is 1. The van der Waals surface area contributed by atoms with E-state index in [4.69, 9.17) is 16.3 Å². The molecule has 1 N–H and O–H groups in total. The van der Waals surface area contributed by atoms with E-state index in [1.54, 1.807) is 42.5 Å². The number of carbonyl (C=O) groups is 1. The van der Waals surface area contributed by atoms with E-state index in [0.717, 1.165) is 17.1 Å². The highest BCUT2D eigenvalue weighted by molar-refractivity contribution is 7.92. The zero-order valence-corrected chi connectivity index (χ0v) is 20.0. The van der Waals surface area contributed by atoms with Crippen LogP contribution in [0.4, 0.5) is 5.69 Å². The third-order valence-corrected chi connectivity index (χ3v) is 6.99. The van der Waals surface area contributed by atoms with Crippen molar-refractivity contribution in [3.05, 3.63) is 89.4 Å². The van der Waals surface area contributed by atoms with E-state index in [-0.39, 0.29) is 28.8 Å². The van der Waals surface area contributed by atoms with Crippen LogP contribution in [0, 0.1) is 0 Å². The summed E-state index contributed by atoms with van der Waals surface area (Å²) in [6, 6.07) is 22.3. The lowest BCUT2D eigenvalue weighted by atomic mass is 10.1. The Balaban J connectivity index is 1.64. The first kappa shape index (κ1) is 24.6. The van der Waals surface area contributed by atoms with Gasteiger partial charge in [0.2, 0.25) is 5.91 Å². The molecule has 0 radical (unpaired) electrons. The van der Waals surface area contributed by atoms with Gasteiger partial charge in [0.05, 0.1) is 22.2 Å². The molecule has 0 saturated heterocycles. The van der Waals surface area contributed by atoms with E-state index >= 15 is 0 Å². The van der Waals surface area contributed by atoms with Gasteiger partial charge in [-0.1, -0.05) is 67.4 Å². The summed E-state index contributed by atoms with van der Waals surface area (Å²) in [4.78, 5) is 12.7. The number of aryl methyl sites for hydroxylation is 1. The van der Waals surface area contributed by atoms with Crippen LogP contribution in [0.25, 0.3) is 0 Å². The number of amides is 1. The molecule has 8 heteroatoms. The number of benzene rings is 3. The second-order valence-electron chi connectivity index (χ2n) is 7.37. The maximum Gasteiger partial charge on any atom is 0.264 e. The first-order chi connectivity index (χ1) is 15.9. The van der Waals surface area contributed by atoms with Crippen LogP contribution >= 0.6 is 11.6 Å². The number of para-hydroxylation sites is 1. The Morgan fingerprint density at radius 1 is 0.970 bits per heavy atom. The Hall–Kier alpha value is -3.03. The number of carbonyl (C=O) groups excluding carboxylic acids is 1. The quantitative estimate of drug-likeness (QED) is 0.399. The van der Waals surface area contributed by atoms with Crippen LogP contribution in [0.15, 0.2) is 83.8 Å². The molecule has 0 aliphatic carbocycles. The van der Waals surface area contributed by atoms with Crippen molar-refractivity contribution >= 4 is 33.2 Å². The van der Waals surface area contributed by atoms with Gasteiger partial charge in [0.1, 0.15) is 18.9 Å². The molecule has 33 heavy (non-hydrogen) atoms. The zero-order valence-electron chi connectivity index (χ0n) is 18.4. The number of rotatable bonds is 11. The maximum atomic E-state index is 13.3. The first-order valence-electron chi connectivity index (χ1n) is 10.7. The number of hydrogen-bond donors (Lipinski definition) is 1. The summed E-state index contributed by atoms with van der Waals surface area (Å²) in [5, 5.41) is 2.95. The first-order valence-corrected chi connectivity index (χ1v) is 12.5. The molecule has 6 nitrogen and oxygen atoms in total. The zero-order chi connectivity index (χ0) is 23.7. The minimum atomic E-state index is -4.00. The molecule has 0 bridgehead atoms. The molecule has 0 unspecified atom stereocenters. The van der Waals surface area contributed by atoms with Gasteiger partial charge in [0.15, 0.2) is 0 Å². The highest BCUT2D eigenvalue weighted by Crippen LogP contribution is 2.30. The second kappa shape index (κ2) is 11.7. The molecule has 0 aliphatic rings. The second-order valence-corrected chi connectivity index (χ2v) is 9.64. The summed E-state index contributed by atoms with van der Waals surface area (Å²) in [5.74, 6) is 0.254. The molecule has 3 aromatic carbocycles. The van der Waals surface area contributed by atoms with E-state index in [1.165, 1.54) is 17.7 Å². The molecule has 0 aliphatic heterocycles. The molecular formula is C25H27ClN2O4S. The number of sulfonamides is 1. The summed E-state index contributed by atoms with van der Waals surface area (Å²) in [6.45, 7) is 2.21. The van der Waals surface area contributed by atoms with E-state index < -0.39 is 22.5 Å². The van der Waals surface area contributed by atoms with Crippen LogP contribution in [-0.4, -0.2) is 34.0 Å². The molecule has 0 spiro atoms. The Bertz CT molecular complexity index is 1150. The van der Waals surface area contributed by atoms with Crippen LogP contribution in [0.1, 0.15) is 18.9 Å².